The summed E-state index contributed by atoms with van der Waals surface area (Å²) < 4.78 is 8.41. The Bertz CT molecular complexity index is 1680. The molecule has 0 spiro atoms. The standard InChI is InChI=1S/C30H25N5O2/c1-16-11-26(31)33-17(2)24(16)14-32-30(36)19-7-9-21-23(13-19)29-22-12-18(6-8-20(22)28(21)37-29)25-15-35-10-4-3-5-27(35)34-25/h3-13,15,28-29H,14H2,1-2H3,(H2,31,33)(H,32,36)/t28-,29+/m0/s1. The highest BCUT2D eigenvalue weighted by Gasteiger charge is 2.43. The maximum Gasteiger partial charge on any atom is 0.251 e. The van der Waals surface area contributed by atoms with Crippen LogP contribution in [0.15, 0.2) is 73.1 Å². The first-order chi connectivity index (χ1) is 18.0. The van der Waals surface area contributed by atoms with Crippen molar-refractivity contribution in [1.82, 2.24) is 19.7 Å². The van der Waals surface area contributed by atoms with Crippen molar-refractivity contribution in [1.29, 1.82) is 0 Å². The van der Waals surface area contributed by atoms with Crippen LogP contribution in [0.5, 0.6) is 0 Å². The van der Waals surface area contributed by atoms with E-state index >= 15 is 0 Å². The van der Waals surface area contributed by atoms with Crippen LogP contribution in [0.2, 0.25) is 0 Å². The minimum Gasteiger partial charge on any atom is -0.384 e. The summed E-state index contributed by atoms with van der Waals surface area (Å²) in [4.78, 5) is 22.2. The fraction of sp³-hybridized carbons (Fsp3) is 0.167. The molecule has 7 rings (SSSR count). The molecule has 5 heterocycles. The molecule has 0 aliphatic carbocycles. The van der Waals surface area contributed by atoms with Gasteiger partial charge in [-0.25, -0.2) is 9.97 Å². The number of carbonyl (C=O) groups excluding carboxylic acids is 1. The lowest BCUT2D eigenvalue weighted by molar-refractivity contribution is 0.0857. The van der Waals surface area contributed by atoms with Crippen LogP contribution in [-0.4, -0.2) is 20.3 Å². The Kier molecular flexibility index (Phi) is 4.71. The summed E-state index contributed by atoms with van der Waals surface area (Å²) in [5.74, 6) is 0.364. The van der Waals surface area contributed by atoms with E-state index in [1.165, 1.54) is 5.56 Å². The highest BCUT2D eigenvalue weighted by atomic mass is 16.5. The van der Waals surface area contributed by atoms with Crippen molar-refractivity contribution in [2.24, 2.45) is 0 Å². The van der Waals surface area contributed by atoms with Crippen LogP contribution in [0.25, 0.3) is 16.9 Å². The molecule has 5 aromatic rings. The number of nitrogens with two attached hydrogens (primary N) is 1. The first-order valence-corrected chi connectivity index (χ1v) is 12.3. The molecule has 2 aliphatic rings. The van der Waals surface area contributed by atoms with Crippen LogP contribution < -0.4 is 11.1 Å². The molecule has 0 fully saturated rings. The number of ether oxygens (including phenoxy) is 1. The lowest BCUT2D eigenvalue weighted by Crippen LogP contribution is -2.24. The Morgan fingerprint density at radius 1 is 0.973 bits per heavy atom. The van der Waals surface area contributed by atoms with Crippen molar-refractivity contribution >= 4 is 17.4 Å². The van der Waals surface area contributed by atoms with E-state index in [1.807, 2.05) is 73.1 Å². The lowest BCUT2D eigenvalue weighted by atomic mass is 9.84. The number of amides is 1. The molecule has 2 bridgehead atoms. The van der Waals surface area contributed by atoms with Crippen LogP contribution in [0.4, 0.5) is 5.82 Å². The van der Waals surface area contributed by atoms with Crippen molar-refractivity contribution in [3.05, 3.63) is 118 Å². The number of pyridine rings is 2. The highest BCUT2D eigenvalue weighted by Crippen LogP contribution is 2.54. The molecule has 7 heteroatoms. The van der Waals surface area contributed by atoms with Crippen molar-refractivity contribution in [3.8, 4) is 11.3 Å². The maximum atomic E-state index is 13.1. The zero-order valence-corrected chi connectivity index (χ0v) is 20.5. The molecule has 0 radical (unpaired) electrons. The Morgan fingerprint density at radius 3 is 2.57 bits per heavy atom. The summed E-state index contributed by atoms with van der Waals surface area (Å²) in [7, 11) is 0. The predicted molar refractivity (Wildman–Crippen MR) is 141 cm³/mol. The monoisotopic (exact) mass is 487 g/mol. The van der Waals surface area contributed by atoms with Crippen LogP contribution >= 0.6 is 0 Å². The minimum atomic E-state index is -0.189. The van der Waals surface area contributed by atoms with Gasteiger partial charge >= 0.3 is 0 Å². The molecule has 0 saturated heterocycles. The predicted octanol–water partition coefficient (Wildman–Crippen LogP) is 5.05. The average molecular weight is 488 g/mol. The summed E-state index contributed by atoms with van der Waals surface area (Å²) in [6.07, 6.45) is 3.75. The van der Waals surface area contributed by atoms with Gasteiger partial charge in [-0.15, -0.1) is 0 Å². The summed E-state index contributed by atoms with van der Waals surface area (Å²) in [6.45, 7) is 4.29. The first-order valence-electron chi connectivity index (χ1n) is 12.3. The zero-order valence-electron chi connectivity index (χ0n) is 20.5. The summed E-state index contributed by atoms with van der Waals surface area (Å²) in [6, 6.07) is 20.1. The second-order valence-corrected chi connectivity index (χ2v) is 9.79. The molecule has 3 aromatic heterocycles. The molecule has 2 aromatic carbocycles. The van der Waals surface area contributed by atoms with Gasteiger partial charge in [-0.05, 0) is 83.6 Å². The summed E-state index contributed by atoms with van der Waals surface area (Å²) >= 11 is 0. The molecule has 3 N–H and O–H groups in total. The van der Waals surface area contributed by atoms with Gasteiger partial charge in [0.2, 0.25) is 0 Å². The third-order valence-electron chi connectivity index (χ3n) is 7.50. The zero-order chi connectivity index (χ0) is 25.3. The number of aromatic nitrogens is 3. The smallest absolute Gasteiger partial charge is 0.251 e. The molecule has 2 atom stereocenters. The number of nitrogen functional groups attached to an aromatic ring is 1. The van der Waals surface area contributed by atoms with E-state index in [-0.39, 0.29) is 18.1 Å². The number of carbonyl (C=O) groups is 1. The van der Waals surface area contributed by atoms with Crippen molar-refractivity contribution in [2.45, 2.75) is 32.6 Å². The summed E-state index contributed by atoms with van der Waals surface area (Å²) in [5, 5.41) is 3.04. The van der Waals surface area contributed by atoms with E-state index in [9.17, 15) is 4.79 Å². The number of hydrogen-bond acceptors (Lipinski definition) is 5. The second-order valence-electron chi connectivity index (χ2n) is 9.79. The van der Waals surface area contributed by atoms with Gasteiger partial charge in [-0.2, -0.15) is 0 Å². The van der Waals surface area contributed by atoms with E-state index in [1.54, 1.807) is 0 Å². The molecule has 37 heavy (non-hydrogen) atoms. The van der Waals surface area contributed by atoms with Gasteiger partial charge in [0.25, 0.3) is 5.91 Å². The third-order valence-corrected chi connectivity index (χ3v) is 7.50. The number of nitrogens with one attached hydrogen (secondary N) is 1. The molecule has 0 unspecified atom stereocenters. The Labute approximate surface area is 214 Å². The van der Waals surface area contributed by atoms with Gasteiger partial charge in [0, 0.05) is 35.8 Å². The number of fused-ring (bicyclic) bond motifs is 9. The van der Waals surface area contributed by atoms with Gasteiger partial charge < -0.3 is 20.2 Å². The number of hydrogen-bond donors (Lipinski definition) is 2. The molecular weight excluding hydrogens is 462 g/mol. The fourth-order valence-electron chi connectivity index (χ4n) is 5.65. The van der Waals surface area contributed by atoms with Gasteiger partial charge in [0.15, 0.2) is 0 Å². The molecular formula is C30H25N5O2. The molecule has 0 saturated carbocycles. The second kappa shape index (κ2) is 8.01. The van der Waals surface area contributed by atoms with E-state index in [2.05, 4.69) is 28.5 Å². The van der Waals surface area contributed by atoms with Crippen LogP contribution in [-0.2, 0) is 11.3 Å². The van der Waals surface area contributed by atoms with Crippen molar-refractivity contribution in [2.75, 3.05) is 5.73 Å². The van der Waals surface area contributed by atoms with E-state index in [0.717, 1.165) is 50.4 Å². The Morgan fingerprint density at radius 2 is 1.76 bits per heavy atom. The minimum absolute atomic E-state index is 0.103. The Balaban J connectivity index is 1.16. The van der Waals surface area contributed by atoms with Crippen LogP contribution in [0.1, 0.15) is 61.6 Å². The van der Waals surface area contributed by atoms with Gasteiger partial charge in [0.05, 0.1) is 5.69 Å². The number of rotatable bonds is 4. The number of aryl methyl sites for hydroxylation is 2. The van der Waals surface area contributed by atoms with Crippen LogP contribution in [0.3, 0.4) is 0 Å². The number of anilines is 1. The number of nitrogens with zero attached hydrogens (tertiary/aromatic N) is 3. The topological polar surface area (TPSA) is 94.5 Å². The fourth-order valence-corrected chi connectivity index (χ4v) is 5.65. The normalized spacial score (nSPS) is 17.1. The lowest BCUT2D eigenvalue weighted by Gasteiger charge is -2.17. The molecule has 7 nitrogen and oxygen atoms in total. The molecule has 1 amide bonds. The van der Waals surface area contributed by atoms with Gasteiger partial charge in [-0.3, -0.25) is 4.79 Å². The molecule has 2 aliphatic heterocycles. The SMILES string of the molecule is Cc1cc(N)nc(C)c1CNC(=O)c1ccc2c(c1)[C@@H]1O[C@H]2c2ccc(-c3cn4ccccc4n3)cc21. The maximum absolute atomic E-state index is 13.1. The van der Waals surface area contributed by atoms with Gasteiger partial charge in [0.1, 0.15) is 23.7 Å². The van der Waals surface area contributed by atoms with Crippen LogP contribution in [0, 0.1) is 13.8 Å². The van der Waals surface area contributed by atoms with Gasteiger partial charge in [-0.1, -0.05) is 24.3 Å². The number of benzene rings is 2. The number of imidazole rings is 1. The third kappa shape index (κ3) is 3.42. The Hall–Kier alpha value is -4.49. The largest absolute Gasteiger partial charge is 0.384 e. The van der Waals surface area contributed by atoms with E-state index in [4.69, 9.17) is 15.5 Å². The van der Waals surface area contributed by atoms with Crippen molar-refractivity contribution < 1.29 is 9.53 Å². The quantitative estimate of drug-likeness (QED) is 0.370. The average Bonchev–Trinajstić information content (AvgIpc) is 3.59. The van der Waals surface area contributed by atoms with E-state index in [0.29, 0.717) is 17.9 Å². The summed E-state index contributed by atoms with van der Waals surface area (Å²) in [5.41, 5.74) is 16.7. The first kappa shape index (κ1) is 21.8. The molecule has 182 valence electrons. The van der Waals surface area contributed by atoms with Crippen molar-refractivity contribution in [3.63, 3.8) is 0 Å². The highest BCUT2D eigenvalue weighted by molar-refractivity contribution is 5.94. The van der Waals surface area contributed by atoms with E-state index < -0.39 is 0 Å².